The zero-order chi connectivity index (χ0) is 24.6. The van der Waals surface area contributed by atoms with Gasteiger partial charge in [0.05, 0.1) is 31.9 Å². The number of carbonyl (C=O) groups is 1. The zero-order valence-electron chi connectivity index (χ0n) is 18.6. The number of hydrogen-bond acceptors (Lipinski definition) is 6. The third kappa shape index (κ3) is 6.66. The van der Waals surface area contributed by atoms with Crippen molar-refractivity contribution in [1.82, 2.24) is 9.73 Å². The first-order valence-electron chi connectivity index (χ1n) is 10.2. The number of nitrogens with one attached hydrogen (secondary N) is 1. The van der Waals surface area contributed by atoms with Gasteiger partial charge in [-0.05, 0) is 48.0 Å². The van der Waals surface area contributed by atoms with Crippen LogP contribution in [0.1, 0.15) is 11.1 Å². The average molecular weight is 546 g/mol. The molecule has 0 unspecified atom stereocenters. The molecule has 0 fully saturated rings. The number of ether oxygens (including phenoxy) is 2. The molecule has 8 nitrogen and oxygen atoms in total. The molecular formula is C24H24BrN3O5S. The molecule has 10 heteroatoms. The molecule has 0 saturated heterocycles. The second-order valence-electron chi connectivity index (χ2n) is 7.11. The predicted molar refractivity (Wildman–Crippen MR) is 133 cm³/mol. The van der Waals surface area contributed by atoms with Gasteiger partial charge >= 0.3 is 0 Å². The Labute approximate surface area is 207 Å². The van der Waals surface area contributed by atoms with E-state index >= 15 is 0 Å². The van der Waals surface area contributed by atoms with E-state index in [1.807, 2.05) is 12.1 Å². The third-order valence-corrected chi connectivity index (χ3v) is 7.14. The summed E-state index contributed by atoms with van der Waals surface area (Å²) in [6.07, 6.45) is 1.41. The summed E-state index contributed by atoms with van der Waals surface area (Å²) in [6, 6.07) is 20.4. The minimum absolute atomic E-state index is 0.0192. The molecule has 0 radical (unpaired) electrons. The molecule has 0 saturated carbocycles. The van der Waals surface area contributed by atoms with Gasteiger partial charge in [-0.25, -0.2) is 13.8 Å². The van der Waals surface area contributed by atoms with Gasteiger partial charge in [-0.15, -0.1) is 0 Å². The van der Waals surface area contributed by atoms with Crippen molar-refractivity contribution in [2.45, 2.75) is 11.4 Å². The van der Waals surface area contributed by atoms with Gasteiger partial charge < -0.3 is 9.47 Å². The summed E-state index contributed by atoms with van der Waals surface area (Å²) in [4.78, 5) is 12.8. The number of benzene rings is 3. The van der Waals surface area contributed by atoms with Crippen LogP contribution in [0.5, 0.6) is 11.5 Å². The lowest BCUT2D eigenvalue weighted by molar-refractivity contribution is -0.121. The van der Waals surface area contributed by atoms with E-state index in [-0.39, 0.29) is 11.4 Å². The summed E-state index contributed by atoms with van der Waals surface area (Å²) >= 11 is 3.37. The Bertz CT molecular complexity index is 1250. The molecule has 178 valence electrons. The third-order valence-electron chi connectivity index (χ3n) is 4.80. The van der Waals surface area contributed by atoms with Crippen molar-refractivity contribution >= 4 is 38.1 Å². The predicted octanol–water partition coefficient (Wildman–Crippen LogP) is 3.81. The zero-order valence-corrected chi connectivity index (χ0v) is 21.0. The number of sulfonamides is 1. The van der Waals surface area contributed by atoms with Gasteiger partial charge in [-0.1, -0.05) is 46.3 Å². The van der Waals surface area contributed by atoms with Crippen LogP contribution in [-0.2, 0) is 21.4 Å². The number of rotatable bonds is 10. The maximum Gasteiger partial charge on any atom is 0.255 e. The summed E-state index contributed by atoms with van der Waals surface area (Å²) in [6.45, 7) is -0.398. The van der Waals surface area contributed by atoms with Crippen LogP contribution in [0.25, 0.3) is 0 Å². The fraction of sp³-hybridized carbons (Fsp3) is 0.167. The maximum absolute atomic E-state index is 13.3. The molecule has 3 rings (SSSR count). The number of carbonyl (C=O) groups excluding carboxylic acids is 1. The Morgan fingerprint density at radius 2 is 1.74 bits per heavy atom. The van der Waals surface area contributed by atoms with Crippen LogP contribution in [0, 0.1) is 0 Å². The normalized spacial score (nSPS) is 11.5. The highest BCUT2D eigenvalue weighted by atomic mass is 79.9. The maximum atomic E-state index is 13.3. The van der Waals surface area contributed by atoms with Gasteiger partial charge in [0.2, 0.25) is 10.0 Å². The van der Waals surface area contributed by atoms with Crippen molar-refractivity contribution in [3.8, 4) is 11.5 Å². The van der Waals surface area contributed by atoms with E-state index < -0.39 is 22.5 Å². The first kappa shape index (κ1) is 25.4. The second kappa shape index (κ2) is 11.8. The van der Waals surface area contributed by atoms with Crippen molar-refractivity contribution < 1.29 is 22.7 Å². The van der Waals surface area contributed by atoms with E-state index in [0.717, 1.165) is 14.3 Å². The summed E-state index contributed by atoms with van der Waals surface area (Å²) in [5.41, 5.74) is 3.71. The number of hydrogen-bond donors (Lipinski definition) is 1. The van der Waals surface area contributed by atoms with E-state index in [2.05, 4.69) is 26.5 Å². The summed E-state index contributed by atoms with van der Waals surface area (Å²) < 4.78 is 39.0. The first-order valence-corrected chi connectivity index (χ1v) is 12.4. The van der Waals surface area contributed by atoms with Gasteiger partial charge in [0.15, 0.2) is 0 Å². The number of nitrogens with zero attached hydrogens (tertiary/aromatic N) is 2. The van der Waals surface area contributed by atoms with Crippen LogP contribution >= 0.6 is 15.9 Å². The molecular weight excluding hydrogens is 522 g/mol. The molecule has 3 aromatic rings. The topological polar surface area (TPSA) is 97.3 Å². The van der Waals surface area contributed by atoms with Crippen molar-refractivity contribution in [3.63, 3.8) is 0 Å². The molecule has 0 aromatic heterocycles. The highest BCUT2D eigenvalue weighted by molar-refractivity contribution is 9.10. The highest BCUT2D eigenvalue weighted by Crippen LogP contribution is 2.22. The lowest BCUT2D eigenvalue weighted by Gasteiger charge is -2.21. The quantitative estimate of drug-likeness (QED) is 0.308. The van der Waals surface area contributed by atoms with Crippen LogP contribution < -0.4 is 14.9 Å². The fourth-order valence-corrected chi connectivity index (χ4v) is 4.74. The van der Waals surface area contributed by atoms with Gasteiger partial charge in [0, 0.05) is 16.6 Å². The van der Waals surface area contributed by atoms with E-state index in [0.29, 0.717) is 17.1 Å². The van der Waals surface area contributed by atoms with Crippen LogP contribution in [0.15, 0.2) is 87.3 Å². The molecule has 0 atom stereocenters. The lowest BCUT2D eigenvalue weighted by Crippen LogP contribution is -2.39. The van der Waals surface area contributed by atoms with E-state index in [1.165, 1.54) is 32.6 Å². The van der Waals surface area contributed by atoms with Crippen LogP contribution in [0.3, 0.4) is 0 Å². The highest BCUT2D eigenvalue weighted by Gasteiger charge is 2.26. The summed E-state index contributed by atoms with van der Waals surface area (Å²) in [7, 11) is -0.870. The molecule has 34 heavy (non-hydrogen) atoms. The first-order chi connectivity index (χ1) is 16.3. The molecule has 0 bridgehead atoms. The molecule has 1 N–H and O–H groups in total. The van der Waals surface area contributed by atoms with Crippen molar-refractivity contribution in [2.75, 3.05) is 20.8 Å². The Morgan fingerprint density at radius 3 is 2.38 bits per heavy atom. The standard InChI is InChI=1S/C24H24BrN3O5S/c1-32-21-12-13-23(33-2)19(14-21)15-26-27-24(29)17-28(16-18-8-10-20(25)11-9-18)34(30,31)22-6-4-3-5-7-22/h3-15H,16-17H2,1-2H3,(H,27,29)/b26-15-. The van der Waals surface area contributed by atoms with Crippen molar-refractivity contribution in [3.05, 3.63) is 88.4 Å². The van der Waals surface area contributed by atoms with Gasteiger partial charge in [-0.2, -0.15) is 9.41 Å². The Morgan fingerprint density at radius 1 is 1.03 bits per heavy atom. The van der Waals surface area contributed by atoms with Gasteiger partial charge in [-0.3, -0.25) is 4.79 Å². The molecule has 0 heterocycles. The molecule has 0 aliphatic carbocycles. The van der Waals surface area contributed by atoms with Crippen LogP contribution in [-0.4, -0.2) is 45.6 Å². The van der Waals surface area contributed by atoms with E-state index in [1.54, 1.807) is 48.5 Å². The van der Waals surface area contributed by atoms with Crippen LogP contribution in [0.4, 0.5) is 0 Å². The molecule has 0 spiro atoms. The number of amides is 1. The molecule has 0 aliphatic rings. The van der Waals surface area contributed by atoms with E-state index in [9.17, 15) is 13.2 Å². The van der Waals surface area contributed by atoms with Crippen molar-refractivity contribution in [2.24, 2.45) is 5.10 Å². The number of methoxy groups -OCH3 is 2. The minimum atomic E-state index is -3.93. The lowest BCUT2D eigenvalue weighted by atomic mass is 10.2. The Balaban J connectivity index is 1.78. The summed E-state index contributed by atoms with van der Waals surface area (Å²) in [5, 5.41) is 3.96. The fourth-order valence-electron chi connectivity index (χ4n) is 3.07. The SMILES string of the molecule is COc1ccc(OC)c(/C=N\NC(=O)CN(Cc2ccc(Br)cc2)S(=O)(=O)c2ccccc2)c1. The molecule has 1 amide bonds. The van der Waals surface area contributed by atoms with Crippen LogP contribution in [0.2, 0.25) is 0 Å². The summed E-state index contributed by atoms with van der Waals surface area (Å²) in [5.74, 6) is 0.556. The smallest absolute Gasteiger partial charge is 0.255 e. The monoisotopic (exact) mass is 545 g/mol. The number of hydrazone groups is 1. The molecule has 0 aliphatic heterocycles. The van der Waals surface area contributed by atoms with Crippen molar-refractivity contribution in [1.29, 1.82) is 0 Å². The Hall–Kier alpha value is -3.21. The number of halogens is 1. The minimum Gasteiger partial charge on any atom is -0.497 e. The Kier molecular flexibility index (Phi) is 8.80. The second-order valence-corrected chi connectivity index (χ2v) is 9.97. The van der Waals surface area contributed by atoms with Gasteiger partial charge in [0.25, 0.3) is 5.91 Å². The molecule has 3 aromatic carbocycles. The average Bonchev–Trinajstić information content (AvgIpc) is 2.85. The largest absolute Gasteiger partial charge is 0.497 e. The van der Waals surface area contributed by atoms with E-state index in [4.69, 9.17) is 9.47 Å². The van der Waals surface area contributed by atoms with Gasteiger partial charge in [0.1, 0.15) is 11.5 Å².